The minimum Gasteiger partial charge on any atom is -0.342 e. The number of nitrogens with one attached hydrogen (secondary N) is 4. The lowest BCUT2D eigenvalue weighted by atomic mass is 9.77. The van der Waals surface area contributed by atoms with E-state index >= 15 is 0 Å². The number of rotatable bonds is 12. The van der Waals surface area contributed by atoms with Gasteiger partial charge in [0, 0.05) is 25.5 Å². The Morgan fingerprint density at radius 2 is 1.87 bits per heavy atom. The van der Waals surface area contributed by atoms with Gasteiger partial charge >= 0.3 is 6.03 Å². The Bertz CT molecular complexity index is 1070. The molecule has 1 saturated heterocycles. The number of hydrogen-bond acceptors (Lipinski definition) is 4. The van der Waals surface area contributed by atoms with Crippen LogP contribution in [-0.2, 0) is 24.3 Å². The summed E-state index contributed by atoms with van der Waals surface area (Å²) in [6.45, 7) is 3.49. The van der Waals surface area contributed by atoms with E-state index in [-0.39, 0.29) is 17.9 Å². The van der Waals surface area contributed by atoms with Crippen molar-refractivity contribution in [1.29, 1.82) is 5.41 Å². The average Bonchev–Trinajstić information content (AvgIpc) is 3.16. The van der Waals surface area contributed by atoms with Crippen LogP contribution in [0.25, 0.3) is 0 Å². The number of guanidine groups is 1. The summed E-state index contributed by atoms with van der Waals surface area (Å²) >= 11 is 0. The van der Waals surface area contributed by atoms with Gasteiger partial charge in [0.25, 0.3) is 5.91 Å². The van der Waals surface area contributed by atoms with Gasteiger partial charge in [-0.25, -0.2) is 4.79 Å². The maximum absolute atomic E-state index is 13.7. The molecule has 204 valence electrons. The molecule has 8 heteroatoms. The number of amides is 3. The molecule has 1 saturated carbocycles. The number of benzene rings is 1. The lowest BCUT2D eigenvalue weighted by Crippen LogP contribution is -2.48. The van der Waals surface area contributed by atoms with Crippen molar-refractivity contribution in [2.45, 2.75) is 89.8 Å². The van der Waals surface area contributed by atoms with Crippen LogP contribution < -0.4 is 16.0 Å². The zero-order chi connectivity index (χ0) is 26.8. The molecule has 4 rings (SSSR count). The van der Waals surface area contributed by atoms with Gasteiger partial charge in [0.15, 0.2) is 5.96 Å². The number of aromatic nitrogens is 1. The Kier molecular flexibility index (Phi) is 9.73. The molecule has 38 heavy (non-hydrogen) atoms. The molecule has 0 radical (unpaired) electrons. The highest BCUT2D eigenvalue weighted by atomic mass is 16.2. The first kappa shape index (κ1) is 27.6. The summed E-state index contributed by atoms with van der Waals surface area (Å²) in [5.41, 5.74) is 2.40. The summed E-state index contributed by atoms with van der Waals surface area (Å²) in [5.74, 6) is 0.829. The first-order valence-electron chi connectivity index (χ1n) is 14.2. The molecule has 1 aromatic carbocycles. The lowest BCUT2D eigenvalue weighted by Gasteiger charge is -2.33. The van der Waals surface area contributed by atoms with Crippen LogP contribution in [0.3, 0.4) is 0 Å². The second kappa shape index (κ2) is 13.4. The molecule has 1 aliphatic heterocycles. The molecule has 2 aromatic rings. The quantitative estimate of drug-likeness (QED) is 0.321. The number of urea groups is 1. The van der Waals surface area contributed by atoms with Gasteiger partial charge in [0.2, 0.25) is 0 Å². The number of carbonyl (C=O) groups is 2. The van der Waals surface area contributed by atoms with E-state index in [0.29, 0.717) is 25.6 Å². The SMILES string of the molecule is CCCCC1(CC2CCCCC2)NC(=N)N(Cc2ccc(CNC(=O)NCCc3cccnc3)cc2)C1=O. The van der Waals surface area contributed by atoms with Crippen molar-refractivity contribution in [3.05, 3.63) is 65.5 Å². The second-order valence-electron chi connectivity index (χ2n) is 10.8. The molecule has 0 bridgehead atoms. The number of unbranched alkanes of at least 4 members (excludes halogenated alkanes) is 1. The van der Waals surface area contributed by atoms with Gasteiger partial charge in [0.1, 0.15) is 5.54 Å². The van der Waals surface area contributed by atoms with Crippen LogP contribution >= 0.6 is 0 Å². The molecule has 1 unspecified atom stereocenters. The third-order valence-electron chi connectivity index (χ3n) is 7.84. The van der Waals surface area contributed by atoms with Crippen molar-refractivity contribution >= 4 is 17.9 Å². The molecule has 2 fully saturated rings. The van der Waals surface area contributed by atoms with Crippen molar-refractivity contribution in [1.82, 2.24) is 25.8 Å². The van der Waals surface area contributed by atoms with Crippen LogP contribution in [0.1, 0.15) is 81.4 Å². The minimum absolute atomic E-state index is 0.0511. The molecular formula is C30H42N6O2. The van der Waals surface area contributed by atoms with E-state index in [2.05, 4.69) is 27.9 Å². The van der Waals surface area contributed by atoms with Crippen LogP contribution in [-0.4, -0.2) is 39.9 Å². The van der Waals surface area contributed by atoms with Crippen molar-refractivity contribution in [3.63, 3.8) is 0 Å². The van der Waals surface area contributed by atoms with E-state index in [4.69, 9.17) is 5.41 Å². The van der Waals surface area contributed by atoms with Gasteiger partial charge in [-0.15, -0.1) is 0 Å². The Morgan fingerprint density at radius 1 is 1.11 bits per heavy atom. The zero-order valence-electron chi connectivity index (χ0n) is 22.6. The van der Waals surface area contributed by atoms with Crippen LogP contribution in [0.4, 0.5) is 4.79 Å². The molecular weight excluding hydrogens is 476 g/mol. The number of pyridine rings is 1. The van der Waals surface area contributed by atoms with E-state index in [0.717, 1.165) is 48.8 Å². The number of nitrogens with zero attached hydrogens (tertiary/aromatic N) is 2. The van der Waals surface area contributed by atoms with Crippen molar-refractivity contribution in [2.75, 3.05) is 6.54 Å². The van der Waals surface area contributed by atoms with E-state index in [1.54, 1.807) is 17.3 Å². The molecule has 2 aliphatic rings. The molecule has 1 aliphatic carbocycles. The third kappa shape index (κ3) is 7.33. The Balaban J connectivity index is 1.28. The Labute approximate surface area is 226 Å². The fraction of sp³-hybridized carbons (Fsp3) is 0.533. The smallest absolute Gasteiger partial charge is 0.315 e. The van der Waals surface area contributed by atoms with Crippen molar-refractivity contribution in [2.24, 2.45) is 5.92 Å². The van der Waals surface area contributed by atoms with E-state index in [1.807, 2.05) is 36.4 Å². The predicted octanol–water partition coefficient (Wildman–Crippen LogP) is 4.89. The van der Waals surface area contributed by atoms with Gasteiger partial charge < -0.3 is 16.0 Å². The third-order valence-corrected chi connectivity index (χ3v) is 7.84. The maximum atomic E-state index is 13.7. The van der Waals surface area contributed by atoms with Gasteiger partial charge in [0.05, 0.1) is 6.54 Å². The Hall–Kier alpha value is -3.42. The highest BCUT2D eigenvalue weighted by Gasteiger charge is 2.49. The monoisotopic (exact) mass is 518 g/mol. The van der Waals surface area contributed by atoms with E-state index in [1.165, 1.54) is 32.1 Å². The molecule has 4 N–H and O–H groups in total. The summed E-state index contributed by atoms with van der Waals surface area (Å²) in [6, 6.07) is 11.6. The maximum Gasteiger partial charge on any atom is 0.315 e. The first-order valence-corrected chi connectivity index (χ1v) is 14.2. The van der Waals surface area contributed by atoms with Gasteiger partial charge in [-0.1, -0.05) is 82.2 Å². The van der Waals surface area contributed by atoms with Crippen LogP contribution in [0, 0.1) is 11.3 Å². The topological polar surface area (TPSA) is 110 Å². The summed E-state index contributed by atoms with van der Waals surface area (Å²) < 4.78 is 0. The number of hydrogen-bond donors (Lipinski definition) is 4. The largest absolute Gasteiger partial charge is 0.342 e. The highest BCUT2D eigenvalue weighted by Crippen LogP contribution is 2.36. The highest BCUT2D eigenvalue weighted by molar-refractivity contribution is 6.07. The normalized spacial score (nSPS) is 19.9. The van der Waals surface area contributed by atoms with Crippen LogP contribution in [0.2, 0.25) is 0 Å². The minimum atomic E-state index is -0.636. The molecule has 0 spiro atoms. The average molecular weight is 519 g/mol. The fourth-order valence-electron chi connectivity index (χ4n) is 5.69. The molecule has 1 aromatic heterocycles. The van der Waals surface area contributed by atoms with Crippen LogP contribution in [0.5, 0.6) is 0 Å². The standard InChI is InChI=1S/C30H42N6O2/c1-2-3-16-30(19-23-8-5-4-6-9-23)27(37)36(28(31)35-30)22-26-13-11-25(12-14-26)21-34-29(38)33-18-15-24-10-7-17-32-20-24/h7,10-14,17,20,23H,2-6,8-9,15-16,18-19,21-22H2,1H3,(H2,31,35)(H2,33,34,38). The van der Waals surface area contributed by atoms with Gasteiger partial charge in [-0.3, -0.25) is 20.1 Å². The fourth-order valence-corrected chi connectivity index (χ4v) is 5.69. The van der Waals surface area contributed by atoms with Crippen molar-refractivity contribution < 1.29 is 9.59 Å². The zero-order valence-corrected chi connectivity index (χ0v) is 22.6. The van der Waals surface area contributed by atoms with Crippen molar-refractivity contribution in [3.8, 4) is 0 Å². The summed E-state index contributed by atoms with van der Waals surface area (Å²) in [5, 5.41) is 17.7. The van der Waals surface area contributed by atoms with Crippen LogP contribution in [0.15, 0.2) is 48.8 Å². The Morgan fingerprint density at radius 3 is 2.58 bits per heavy atom. The number of carbonyl (C=O) groups excluding carboxylic acids is 2. The molecule has 8 nitrogen and oxygen atoms in total. The van der Waals surface area contributed by atoms with Gasteiger partial charge in [-0.2, -0.15) is 0 Å². The summed E-state index contributed by atoms with van der Waals surface area (Å²) in [6.07, 6.45) is 14.1. The summed E-state index contributed by atoms with van der Waals surface area (Å²) in [4.78, 5) is 31.5. The lowest BCUT2D eigenvalue weighted by molar-refractivity contribution is -0.132. The molecule has 3 amide bonds. The van der Waals surface area contributed by atoms with E-state index in [9.17, 15) is 9.59 Å². The predicted molar refractivity (Wildman–Crippen MR) is 149 cm³/mol. The second-order valence-corrected chi connectivity index (χ2v) is 10.8. The summed E-state index contributed by atoms with van der Waals surface area (Å²) in [7, 11) is 0. The van der Waals surface area contributed by atoms with E-state index < -0.39 is 5.54 Å². The first-order chi connectivity index (χ1) is 18.5. The molecule has 1 atom stereocenters. The van der Waals surface area contributed by atoms with Gasteiger partial charge in [-0.05, 0) is 47.9 Å². The molecule has 2 heterocycles.